The zero-order valence-electron chi connectivity index (χ0n) is 14.6. The number of halogens is 1. The highest BCUT2D eigenvalue weighted by Gasteiger charge is 1.98. The second kappa shape index (κ2) is 17.0. The summed E-state index contributed by atoms with van der Waals surface area (Å²) in [5, 5.41) is 0. The third-order valence-electron chi connectivity index (χ3n) is 4.30. The predicted octanol–water partition coefficient (Wildman–Crippen LogP) is 6.64. The van der Waals surface area contributed by atoms with Crippen molar-refractivity contribution in [2.75, 3.05) is 0 Å². The molecular formula is C20H37BrN+. The van der Waals surface area contributed by atoms with E-state index in [1.165, 1.54) is 90.0 Å². The molecule has 128 valence electrons. The minimum Gasteiger partial charge on any atom is -0.205 e. The highest BCUT2D eigenvalue weighted by atomic mass is 79.9. The number of pyridine rings is 1. The summed E-state index contributed by atoms with van der Waals surface area (Å²) in [5.74, 6) is 0. The third kappa shape index (κ3) is 13.3. The van der Waals surface area contributed by atoms with Gasteiger partial charge in [0.2, 0.25) is 0 Å². The Bertz CT molecular complexity index is 313. The minimum atomic E-state index is 0. The second-order valence-electron chi connectivity index (χ2n) is 6.36. The lowest BCUT2D eigenvalue weighted by Crippen LogP contribution is -2.32. The molecule has 1 heterocycles. The molecule has 0 aromatic carbocycles. The summed E-state index contributed by atoms with van der Waals surface area (Å²) in [6, 6.07) is 6.31. The Hall–Kier alpha value is -0.370. The van der Waals surface area contributed by atoms with Crippen molar-refractivity contribution in [2.24, 2.45) is 0 Å². The molecule has 1 nitrogen and oxygen atoms in total. The number of nitrogens with zero attached hydrogens (tertiary/aromatic N) is 1. The van der Waals surface area contributed by atoms with E-state index in [0.29, 0.717) is 0 Å². The Balaban J connectivity index is 0.00000441. The van der Waals surface area contributed by atoms with Crippen molar-refractivity contribution in [3.63, 3.8) is 0 Å². The van der Waals surface area contributed by atoms with Crippen LogP contribution in [0.3, 0.4) is 0 Å². The monoisotopic (exact) mass is 370 g/mol. The fourth-order valence-corrected chi connectivity index (χ4v) is 2.90. The van der Waals surface area contributed by atoms with Gasteiger partial charge < -0.3 is 0 Å². The number of unbranched alkanes of at least 4 members (excludes halogenated alkanes) is 12. The Morgan fingerprint density at radius 3 is 1.41 bits per heavy atom. The molecule has 1 aromatic rings. The van der Waals surface area contributed by atoms with Gasteiger partial charge in [0.25, 0.3) is 0 Å². The molecule has 0 aliphatic heterocycles. The van der Waals surface area contributed by atoms with Crippen LogP contribution >= 0.6 is 17.0 Å². The summed E-state index contributed by atoms with van der Waals surface area (Å²) in [6.45, 7) is 3.47. The van der Waals surface area contributed by atoms with Crippen molar-refractivity contribution in [3.05, 3.63) is 30.6 Å². The van der Waals surface area contributed by atoms with Crippen molar-refractivity contribution in [2.45, 2.75) is 96.9 Å². The first kappa shape index (κ1) is 21.6. The molecule has 0 saturated carbocycles. The second-order valence-corrected chi connectivity index (χ2v) is 6.36. The molecule has 0 saturated heterocycles. The quantitative estimate of drug-likeness (QED) is 0.255. The van der Waals surface area contributed by atoms with Gasteiger partial charge >= 0.3 is 0 Å². The SMILES string of the molecule is Br.CCCCCCCCCCCCCCC[n+]1ccccc1. The average Bonchev–Trinajstić information content (AvgIpc) is 2.53. The fourth-order valence-electron chi connectivity index (χ4n) is 2.90. The summed E-state index contributed by atoms with van der Waals surface area (Å²) >= 11 is 0. The van der Waals surface area contributed by atoms with E-state index in [1.807, 2.05) is 0 Å². The van der Waals surface area contributed by atoms with Crippen molar-refractivity contribution in [1.82, 2.24) is 0 Å². The largest absolute Gasteiger partial charge is 0.205 e. The van der Waals surface area contributed by atoms with Gasteiger partial charge in [0, 0.05) is 18.6 Å². The molecule has 1 rings (SSSR count). The number of hydrogen-bond donors (Lipinski definition) is 0. The van der Waals surface area contributed by atoms with Crippen molar-refractivity contribution < 1.29 is 4.57 Å². The fraction of sp³-hybridized carbons (Fsp3) is 0.750. The molecule has 2 heteroatoms. The van der Waals surface area contributed by atoms with Crippen molar-refractivity contribution >= 4 is 17.0 Å². The van der Waals surface area contributed by atoms with Gasteiger partial charge in [-0.1, -0.05) is 83.6 Å². The topological polar surface area (TPSA) is 3.88 Å². The number of rotatable bonds is 14. The van der Waals surface area contributed by atoms with Crippen molar-refractivity contribution in [3.8, 4) is 0 Å². The maximum absolute atomic E-state index is 2.29. The van der Waals surface area contributed by atoms with E-state index in [4.69, 9.17) is 0 Å². The van der Waals surface area contributed by atoms with E-state index in [1.54, 1.807) is 0 Å². The lowest BCUT2D eigenvalue weighted by atomic mass is 10.0. The molecule has 0 amide bonds. The van der Waals surface area contributed by atoms with Gasteiger partial charge in [-0.25, -0.2) is 4.57 Å². The summed E-state index contributed by atoms with van der Waals surface area (Å²) in [5.41, 5.74) is 0. The number of aryl methyl sites for hydroxylation is 1. The molecule has 0 spiro atoms. The Kier molecular flexibility index (Phi) is 16.7. The normalized spacial score (nSPS) is 10.4. The van der Waals surface area contributed by atoms with Crippen LogP contribution in [0.15, 0.2) is 30.6 Å². The summed E-state index contributed by atoms with van der Waals surface area (Å²) in [6.07, 6.45) is 22.9. The average molecular weight is 371 g/mol. The van der Waals surface area contributed by atoms with Crippen molar-refractivity contribution in [1.29, 1.82) is 0 Å². The Labute approximate surface area is 149 Å². The predicted molar refractivity (Wildman–Crippen MR) is 103 cm³/mol. The molecule has 0 aliphatic carbocycles. The first-order chi connectivity index (χ1) is 10.4. The lowest BCUT2D eigenvalue weighted by Gasteiger charge is -2.02. The van der Waals surface area contributed by atoms with Crippen LogP contribution in [-0.2, 0) is 6.54 Å². The molecule has 1 aromatic heterocycles. The van der Waals surface area contributed by atoms with Crippen LogP contribution in [0.4, 0.5) is 0 Å². The molecule has 0 unspecified atom stereocenters. The number of hydrogen-bond acceptors (Lipinski definition) is 0. The molecule has 0 N–H and O–H groups in total. The van der Waals surface area contributed by atoms with E-state index in [2.05, 4.69) is 42.1 Å². The van der Waals surface area contributed by atoms with Crippen LogP contribution in [-0.4, -0.2) is 0 Å². The van der Waals surface area contributed by atoms with Crippen LogP contribution in [0.5, 0.6) is 0 Å². The smallest absolute Gasteiger partial charge is 0.168 e. The zero-order valence-corrected chi connectivity index (χ0v) is 16.4. The maximum atomic E-state index is 2.29. The lowest BCUT2D eigenvalue weighted by molar-refractivity contribution is -0.697. The molecule has 22 heavy (non-hydrogen) atoms. The molecule has 0 fully saturated rings. The van der Waals surface area contributed by atoms with Gasteiger partial charge in [0.15, 0.2) is 12.4 Å². The Morgan fingerprint density at radius 2 is 0.955 bits per heavy atom. The van der Waals surface area contributed by atoms with Gasteiger partial charge in [-0.2, -0.15) is 0 Å². The Morgan fingerprint density at radius 1 is 0.545 bits per heavy atom. The van der Waals surface area contributed by atoms with E-state index in [9.17, 15) is 0 Å². The first-order valence-corrected chi connectivity index (χ1v) is 9.37. The van der Waals surface area contributed by atoms with Crippen LogP contribution in [0.25, 0.3) is 0 Å². The van der Waals surface area contributed by atoms with E-state index < -0.39 is 0 Å². The zero-order chi connectivity index (χ0) is 15.0. The molecule has 0 radical (unpaired) electrons. The molecule has 0 bridgehead atoms. The van der Waals surface area contributed by atoms with Crippen LogP contribution in [0.1, 0.15) is 90.4 Å². The summed E-state index contributed by atoms with van der Waals surface area (Å²) in [7, 11) is 0. The van der Waals surface area contributed by atoms with Crippen LogP contribution in [0, 0.1) is 0 Å². The van der Waals surface area contributed by atoms with Crippen LogP contribution in [0.2, 0.25) is 0 Å². The molecular weight excluding hydrogens is 334 g/mol. The van der Waals surface area contributed by atoms with Crippen LogP contribution < -0.4 is 4.57 Å². The molecule has 0 aliphatic rings. The first-order valence-electron chi connectivity index (χ1n) is 9.37. The highest BCUT2D eigenvalue weighted by molar-refractivity contribution is 8.93. The number of aromatic nitrogens is 1. The van der Waals surface area contributed by atoms with E-state index >= 15 is 0 Å². The van der Waals surface area contributed by atoms with Gasteiger partial charge in [0.1, 0.15) is 6.54 Å². The van der Waals surface area contributed by atoms with E-state index in [-0.39, 0.29) is 17.0 Å². The van der Waals surface area contributed by atoms with E-state index in [0.717, 1.165) is 0 Å². The highest BCUT2D eigenvalue weighted by Crippen LogP contribution is 2.12. The minimum absolute atomic E-state index is 0. The van der Waals surface area contributed by atoms with Gasteiger partial charge in [0.05, 0.1) is 0 Å². The maximum Gasteiger partial charge on any atom is 0.168 e. The van der Waals surface area contributed by atoms with Gasteiger partial charge in [-0.15, -0.1) is 17.0 Å². The standard InChI is InChI=1S/C20H36N.BrH/c1-2-3-4-5-6-7-8-9-10-11-12-13-15-18-21-19-16-14-17-20-21;/h14,16-17,19-20H,2-13,15,18H2,1H3;1H/q+1;. The molecule has 0 atom stereocenters. The van der Waals surface area contributed by atoms with Gasteiger partial charge in [-0.3, -0.25) is 0 Å². The van der Waals surface area contributed by atoms with Gasteiger partial charge in [-0.05, 0) is 6.42 Å². The third-order valence-corrected chi connectivity index (χ3v) is 4.30. The summed E-state index contributed by atoms with van der Waals surface area (Å²) in [4.78, 5) is 0. The summed E-state index contributed by atoms with van der Waals surface area (Å²) < 4.78 is 2.29.